The minimum atomic E-state index is -0.652. The Balaban J connectivity index is 3.00. The van der Waals surface area contributed by atoms with E-state index in [1.807, 2.05) is 0 Å². The van der Waals surface area contributed by atoms with Crippen LogP contribution in [0.3, 0.4) is 0 Å². The Kier molecular flexibility index (Phi) is 4.61. The molecular weight excluding hydrogens is 346 g/mol. The second kappa shape index (κ2) is 5.75. The SMILES string of the molecule is COC(=O)CNc1cc(F)c(I)cc1[N+](=O)[O-]. The lowest BCUT2D eigenvalue weighted by atomic mass is 10.2. The monoisotopic (exact) mass is 354 g/mol. The Bertz CT molecular complexity index is 467. The quantitative estimate of drug-likeness (QED) is 0.387. The molecule has 1 rings (SSSR count). The summed E-state index contributed by atoms with van der Waals surface area (Å²) in [4.78, 5) is 20.9. The first-order valence-electron chi connectivity index (χ1n) is 4.40. The molecule has 0 saturated heterocycles. The third-order valence-corrected chi connectivity index (χ3v) is 2.71. The summed E-state index contributed by atoms with van der Waals surface area (Å²) in [6, 6.07) is 2.07. The molecule has 0 heterocycles. The van der Waals surface area contributed by atoms with Crippen LogP contribution in [0.25, 0.3) is 0 Å². The van der Waals surface area contributed by atoms with Crippen molar-refractivity contribution in [3.05, 3.63) is 31.6 Å². The van der Waals surface area contributed by atoms with Gasteiger partial charge in [0.2, 0.25) is 0 Å². The lowest BCUT2D eigenvalue weighted by molar-refractivity contribution is -0.384. The first kappa shape index (κ1) is 13.6. The maximum atomic E-state index is 13.2. The van der Waals surface area contributed by atoms with Crippen LogP contribution in [0.5, 0.6) is 0 Å². The number of hydrogen-bond donors (Lipinski definition) is 1. The van der Waals surface area contributed by atoms with Gasteiger partial charge in [-0.05, 0) is 22.6 Å². The molecule has 92 valence electrons. The van der Waals surface area contributed by atoms with Gasteiger partial charge in [0.05, 0.1) is 15.6 Å². The fraction of sp³-hybridized carbons (Fsp3) is 0.222. The third-order valence-electron chi connectivity index (χ3n) is 1.89. The lowest BCUT2D eigenvalue weighted by Crippen LogP contribution is -2.16. The molecule has 0 radical (unpaired) electrons. The predicted octanol–water partition coefficient (Wildman–Crippen LogP) is 1.92. The van der Waals surface area contributed by atoms with Gasteiger partial charge in [-0.15, -0.1) is 0 Å². The van der Waals surface area contributed by atoms with E-state index in [1.165, 1.54) is 7.11 Å². The van der Waals surface area contributed by atoms with Crippen molar-refractivity contribution in [2.75, 3.05) is 19.0 Å². The van der Waals surface area contributed by atoms with Crippen LogP contribution in [0.15, 0.2) is 12.1 Å². The van der Waals surface area contributed by atoms with E-state index in [0.29, 0.717) is 0 Å². The van der Waals surface area contributed by atoms with Crippen LogP contribution >= 0.6 is 22.6 Å². The number of nitro groups is 1. The molecule has 6 nitrogen and oxygen atoms in total. The summed E-state index contributed by atoms with van der Waals surface area (Å²) in [6.07, 6.45) is 0. The molecule has 0 amide bonds. The van der Waals surface area contributed by atoms with Crippen molar-refractivity contribution in [2.24, 2.45) is 0 Å². The van der Waals surface area contributed by atoms with Crippen LogP contribution in [0.1, 0.15) is 0 Å². The molecule has 1 aromatic rings. The van der Waals surface area contributed by atoms with E-state index in [-0.39, 0.29) is 21.5 Å². The number of ether oxygens (including phenoxy) is 1. The van der Waals surface area contributed by atoms with Crippen LogP contribution in [-0.2, 0) is 9.53 Å². The Labute approximate surface area is 109 Å². The smallest absolute Gasteiger partial charge is 0.325 e. The number of esters is 1. The van der Waals surface area contributed by atoms with Gasteiger partial charge in [-0.2, -0.15) is 0 Å². The van der Waals surface area contributed by atoms with Gasteiger partial charge in [0.1, 0.15) is 18.0 Å². The number of benzene rings is 1. The van der Waals surface area contributed by atoms with Crippen molar-refractivity contribution in [3.63, 3.8) is 0 Å². The summed E-state index contributed by atoms with van der Waals surface area (Å²) in [5, 5.41) is 13.2. The standard InChI is InChI=1S/C9H8FIN2O4/c1-17-9(14)4-12-7-2-5(10)6(11)3-8(7)13(15)16/h2-3,12H,4H2,1H3. The molecule has 0 aliphatic rings. The topological polar surface area (TPSA) is 81.5 Å². The molecule has 1 aromatic carbocycles. The Morgan fingerprint density at radius 1 is 1.65 bits per heavy atom. The molecule has 8 heteroatoms. The minimum absolute atomic E-state index is 0.0571. The van der Waals surface area contributed by atoms with Crippen molar-refractivity contribution in [1.82, 2.24) is 0 Å². The van der Waals surface area contributed by atoms with Gasteiger partial charge in [0.15, 0.2) is 0 Å². The molecule has 0 unspecified atom stereocenters. The zero-order valence-electron chi connectivity index (χ0n) is 8.70. The summed E-state index contributed by atoms with van der Waals surface area (Å²) in [5.74, 6) is -1.19. The zero-order chi connectivity index (χ0) is 13.0. The minimum Gasteiger partial charge on any atom is -0.468 e. The van der Waals surface area contributed by atoms with Crippen LogP contribution in [0, 0.1) is 19.5 Å². The number of nitrogens with one attached hydrogen (secondary N) is 1. The van der Waals surface area contributed by atoms with Gasteiger partial charge < -0.3 is 10.1 Å². The lowest BCUT2D eigenvalue weighted by Gasteiger charge is -2.06. The molecule has 0 bridgehead atoms. The van der Waals surface area contributed by atoms with E-state index in [0.717, 1.165) is 12.1 Å². The highest BCUT2D eigenvalue weighted by atomic mass is 127. The van der Waals surface area contributed by atoms with E-state index in [9.17, 15) is 19.3 Å². The summed E-state index contributed by atoms with van der Waals surface area (Å²) < 4.78 is 17.7. The highest BCUT2D eigenvalue weighted by Gasteiger charge is 2.17. The van der Waals surface area contributed by atoms with Gasteiger partial charge in [0, 0.05) is 12.1 Å². The summed E-state index contributed by atoms with van der Waals surface area (Å²) in [6.45, 7) is -0.266. The van der Waals surface area contributed by atoms with Gasteiger partial charge in [-0.3, -0.25) is 14.9 Å². The van der Waals surface area contributed by atoms with E-state index in [2.05, 4.69) is 10.1 Å². The van der Waals surface area contributed by atoms with Crippen molar-refractivity contribution in [3.8, 4) is 0 Å². The van der Waals surface area contributed by atoms with Crippen LogP contribution < -0.4 is 5.32 Å². The average molecular weight is 354 g/mol. The molecule has 0 fully saturated rings. The van der Waals surface area contributed by atoms with Crippen LogP contribution in [0.4, 0.5) is 15.8 Å². The average Bonchev–Trinajstić information content (AvgIpc) is 2.29. The first-order valence-corrected chi connectivity index (χ1v) is 5.47. The van der Waals surface area contributed by atoms with Crippen molar-refractivity contribution >= 4 is 39.9 Å². The molecule has 0 spiro atoms. The van der Waals surface area contributed by atoms with Crippen LogP contribution in [0.2, 0.25) is 0 Å². The number of halogens is 2. The number of anilines is 1. The van der Waals surface area contributed by atoms with Gasteiger partial charge in [0.25, 0.3) is 5.69 Å². The second-order valence-electron chi connectivity index (χ2n) is 2.97. The highest BCUT2D eigenvalue weighted by molar-refractivity contribution is 14.1. The summed E-state index contributed by atoms with van der Waals surface area (Å²) in [7, 11) is 1.19. The number of nitro benzene ring substituents is 1. The van der Waals surface area contributed by atoms with Gasteiger partial charge in [-0.25, -0.2) is 4.39 Å². The zero-order valence-corrected chi connectivity index (χ0v) is 10.9. The van der Waals surface area contributed by atoms with Gasteiger partial charge >= 0.3 is 5.97 Å². The fourth-order valence-electron chi connectivity index (χ4n) is 1.07. The van der Waals surface area contributed by atoms with E-state index in [4.69, 9.17) is 0 Å². The Morgan fingerprint density at radius 3 is 2.82 bits per heavy atom. The highest BCUT2D eigenvalue weighted by Crippen LogP contribution is 2.28. The number of methoxy groups -OCH3 is 1. The van der Waals surface area contributed by atoms with Crippen LogP contribution in [-0.4, -0.2) is 24.5 Å². The molecule has 0 aromatic heterocycles. The molecule has 1 N–H and O–H groups in total. The van der Waals surface area contributed by atoms with Gasteiger partial charge in [-0.1, -0.05) is 0 Å². The Hall–Kier alpha value is -1.45. The first-order chi connectivity index (χ1) is 7.95. The normalized spacial score (nSPS) is 9.82. The van der Waals surface area contributed by atoms with Crippen molar-refractivity contribution < 1.29 is 18.8 Å². The van der Waals surface area contributed by atoms with E-state index >= 15 is 0 Å². The molecule has 0 aliphatic heterocycles. The van der Waals surface area contributed by atoms with Crippen molar-refractivity contribution in [2.45, 2.75) is 0 Å². The molecule has 0 saturated carbocycles. The number of hydrogen-bond acceptors (Lipinski definition) is 5. The molecular formula is C9H8FIN2O4. The third kappa shape index (κ3) is 3.51. The van der Waals surface area contributed by atoms with E-state index < -0.39 is 16.7 Å². The number of carbonyl (C=O) groups excluding carboxylic acids is 1. The maximum absolute atomic E-state index is 13.2. The molecule has 0 atom stereocenters. The van der Waals surface area contributed by atoms with Crippen molar-refractivity contribution in [1.29, 1.82) is 0 Å². The number of carbonyl (C=O) groups is 1. The summed E-state index contributed by atoms with van der Waals surface area (Å²) >= 11 is 1.65. The molecule has 0 aliphatic carbocycles. The maximum Gasteiger partial charge on any atom is 0.325 e. The fourth-order valence-corrected chi connectivity index (χ4v) is 1.52. The second-order valence-corrected chi connectivity index (χ2v) is 4.13. The molecule has 17 heavy (non-hydrogen) atoms. The van der Waals surface area contributed by atoms with E-state index in [1.54, 1.807) is 22.6 Å². The number of rotatable bonds is 4. The predicted molar refractivity (Wildman–Crippen MR) is 66.3 cm³/mol. The summed E-state index contributed by atoms with van der Waals surface area (Å²) in [5.41, 5.74) is -0.349. The number of nitrogens with zero attached hydrogens (tertiary/aromatic N) is 1. The Morgan fingerprint density at radius 2 is 2.29 bits per heavy atom. The largest absolute Gasteiger partial charge is 0.468 e.